The first-order chi connectivity index (χ1) is 15.2. The number of nitrogens with two attached hydrogens (primary N) is 1. The second-order valence-electron chi connectivity index (χ2n) is 9.31. The van der Waals surface area contributed by atoms with Gasteiger partial charge in [0, 0.05) is 43.2 Å². The highest BCUT2D eigenvalue weighted by atomic mass is 19.2. The van der Waals surface area contributed by atoms with Gasteiger partial charge in [0.2, 0.25) is 0 Å². The van der Waals surface area contributed by atoms with Crippen molar-refractivity contribution in [3.63, 3.8) is 0 Å². The number of aromatic nitrogens is 2. The van der Waals surface area contributed by atoms with Crippen LogP contribution in [0.25, 0.3) is 0 Å². The van der Waals surface area contributed by atoms with Crippen LogP contribution in [0.5, 0.6) is 0 Å². The topological polar surface area (TPSA) is 72.1 Å². The van der Waals surface area contributed by atoms with Crippen LogP contribution in [-0.2, 0) is 6.42 Å². The Morgan fingerprint density at radius 1 is 1.09 bits per heavy atom. The lowest BCUT2D eigenvalue weighted by atomic mass is 9.86. The molecule has 5 nitrogen and oxygen atoms in total. The number of rotatable bonds is 6. The summed E-state index contributed by atoms with van der Waals surface area (Å²) in [6.45, 7) is 5.14. The fraction of sp³-hybridized carbons (Fsp3) is 0.542. The molecule has 2 aliphatic rings. The maximum Gasteiger partial charge on any atom is 0.257 e. The first-order valence-corrected chi connectivity index (χ1v) is 11.3. The van der Waals surface area contributed by atoms with Gasteiger partial charge < -0.3 is 10.6 Å². The van der Waals surface area contributed by atoms with Crippen molar-refractivity contribution in [2.24, 2.45) is 11.7 Å². The summed E-state index contributed by atoms with van der Waals surface area (Å²) in [6.07, 6.45) is 5.22. The van der Waals surface area contributed by atoms with Crippen LogP contribution in [0.2, 0.25) is 0 Å². The van der Waals surface area contributed by atoms with Crippen molar-refractivity contribution in [2.45, 2.75) is 63.8 Å². The van der Waals surface area contributed by atoms with Gasteiger partial charge >= 0.3 is 0 Å². The Morgan fingerprint density at radius 3 is 2.38 bits per heavy atom. The van der Waals surface area contributed by atoms with Crippen LogP contribution in [0.3, 0.4) is 0 Å². The number of carbonyl (C=O) groups is 1. The third kappa shape index (κ3) is 4.80. The number of likely N-dealkylation sites (tertiary alicyclic amines) is 1. The van der Waals surface area contributed by atoms with Crippen LogP contribution < -0.4 is 5.73 Å². The molecule has 172 valence electrons. The number of benzene rings is 1. The van der Waals surface area contributed by atoms with Crippen LogP contribution in [0.4, 0.5) is 13.2 Å². The molecule has 1 aromatic heterocycles. The predicted octanol–water partition coefficient (Wildman–Crippen LogP) is 4.32. The van der Waals surface area contributed by atoms with Gasteiger partial charge in [0.05, 0.1) is 11.3 Å². The van der Waals surface area contributed by atoms with E-state index in [0.717, 1.165) is 30.4 Å². The normalized spacial score (nSPS) is 18.3. The molecule has 1 aliphatic carbocycles. The highest BCUT2D eigenvalue weighted by Gasteiger charge is 2.34. The van der Waals surface area contributed by atoms with Gasteiger partial charge in [-0.2, -0.15) is 0 Å². The van der Waals surface area contributed by atoms with Gasteiger partial charge in [-0.3, -0.25) is 4.79 Å². The number of carbonyl (C=O) groups excluding carboxylic acids is 1. The minimum atomic E-state index is -1.21. The minimum Gasteiger partial charge on any atom is -0.339 e. The number of hydrogen-bond donors (Lipinski definition) is 1. The molecular weight excluding hydrogens is 417 g/mol. The molecule has 1 unspecified atom stereocenters. The number of amides is 1. The molecule has 2 aromatic rings. The maximum absolute atomic E-state index is 14.0. The van der Waals surface area contributed by atoms with Crippen LogP contribution in [0.1, 0.15) is 78.8 Å². The zero-order chi connectivity index (χ0) is 23.0. The molecule has 0 radical (unpaired) electrons. The zero-order valence-electron chi connectivity index (χ0n) is 18.5. The van der Waals surface area contributed by atoms with Crippen molar-refractivity contribution in [1.82, 2.24) is 14.9 Å². The first kappa shape index (κ1) is 22.7. The van der Waals surface area contributed by atoms with Crippen LogP contribution in [0.15, 0.2) is 18.3 Å². The SMILES string of the molecule is CC(C)c1ncc(C(=O)N2CCC(C(N)Cc3cc(F)c(F)cc3F)CC2)c(C2CC2)n1. The molecule has 2 fully saturated rings. The van der Waals surface area contributed by atoms with Crippen molar-refractivity contribution in [2.75, 3.05) is 13.1 Å². The molecule has 8 heteroatoms. The summed E-state index contributed by atoms with van der Waals surface area (Å²) in [5.41, 5.74) is 7.81. The van der Waals surface area contributed by atoms with E-state index in [2.05, 4.69) is 4.98 Å². The summed E-state index contributed by atoms with van der Waals surface area (Å²) in [5, 5.41) is 0. The Labute approximate surface area is 186 Å². The summed E-state index contributed by atoms with van der Waals surface area (Å²) < 4.78 is 40.6. The molecule has 1 amide bonds. The number of hydrogen-bond acceptors (Lipinski definition) is 4. The fourth-order valence-corrected chi connectivity index (χ4v) is 4.36. The summed E-state index contributed by atoms with van der Waals surface area (Å²) in [4.78, 5) is 24.1. The molecule has 4 rings (SSSR count). The average molecular weight is 447 g/mol. The highest BCUT2D eigenvalue weighted by Crippen LogP contribution is 2.41. The van der Waals surface area contributed by atoms with Gasteiger partial charge in [0.15, 0.2) is 11.6 Å². The van der Waals surface area contributed by atoms with Gasteiger partial charge in [-0.15, -0.1) is 0 Å². The number of halogens is 3. The van der Waals surface area contributed by atoms with E-state index < -0.39 is 23.5 Å². The number of piperidine rings is 1. The molecule has 2 heterocycles. The predicted molar refractivity (Wildman–Crippen MR) is 115 cm³/mol. The van der Waals surface area contributed by atoms with Crippen molar-refractivity contribution in [3.8, 4) is 0 Å². The Hall–Kier alpha value is -2.48. The van der Waals surface area contributed by atoms with E-state index >= 15 is 0 Å². The van der Waals surface area contributed by atoms with E-state index in [9.17, 15) is 18.0 Å². The third-order valence-electron chi connectivity index (χ3n) is 6.52. The maximum atomic E-state index is 14.0. The second-order valence-corrected chi connectivity index (χ2v) is 9.31. The van der Waals surface area contributed by atoms with E-state index in [1.165, 1.54) is 0 Å². The summed E-state index contributed by atoms with van der Waals surface area (Å²) >= 11 is 0. The average Bonchev–Trinajstić information content (AvgIpc) is 3.62. The molecule has 1 saturated carbocycles. The van der Waals surface area contributed by atoms with Crippen molar-refractivity contribution in [1.29, 1.82) is 0 Å². The van der Waals surface area contributed by atoms with E-state index in [1.807, 2.05) is 13.8 Å². The highest BCUT2D eigenvalue weighted by molar-refractivity contribution is 5.95. The fourth-order valence-electron chi connectivity index (χ4n) is 4.36. The Bertz CT molecular complexity index is 1000. The summed E-state index contributed by atoms with van der Waals surface area (Å²) in [7, 11) is 0. The minimum absolute atomic E-state index is 0.0547. The number of nitrogens with zero attached hydrogens (tertiary/aromatic N) is 3. The summed E-state index contributed by atoms with van der Waals surface area (Å²) in [6, 6.07) is 1.04. The van der Waals surface area contributed by atoms with Crippen LogP contribution in [-0.4, -0.2) is 39.9 Å². The second kappa shape index (κ2) is 9.17. The third-order valence-corrected chi connectivity index (χ3v) is 6.52. The molecule has 1 aliphatic heterocycles. The summed E-state index contributed by atoms with van der Waals surface area (Å²) in [5.74, 6) is -1.76. The standard InChI is InChI=1S/C24H29F3N4O/c1-13(2)23-29-12-17(22(30-23)15-3-4-15)24(32)31-7-5-14(6-8-31)21(28)10-16-9-19(26)20(27)11-18(16)25/h9,11-15,21H,3-8,10,28H2,1-2H3. The zero-order valence-corrected chi connectivity index (χ0v) is 18.5. The van der Waals surface area contributed by atoms with Crippen LogP contribution >= 0.6 is 0 Å². The molecule has 0 bridgehead atoms. The van der Waals surface area contributed by atoms with E-state index in [0.29, 0.717) is 43.5 Å². The van der Waals surface area contributed by atoms with Gasteiger partial charge in [0.25, 0.3) is 5.91 Å². The Kier molecular flexibility index (Phi) is 6.51. The molecule has 0 spiro atoms. The lowest BCUT2D eigenvalue weighted by molar-refractivity contribution is 0.0675. The molecule has 1 aromatic carbocycles. The molecule has 32 heavy (non-hydrogen) atoms. The van der Waals surface area contributed by atoms with Crippen molar-refractivity contribution < 1.29 is 18.0 Å². The smallest absolute Gasteiger partial charge is 0.257 e. The van der Waals surface area contributed by atoms with E-state index in [1.54, 1.807) is 11.1 Å². The van der Waals surface area contributed by atoms with Gasteiger partial charge in [0.1, 0.15) is 11.6 Å². The molecule has 1 saturated heterocycles. The van der Waals surface area contributed by atoms with E-state index in [4.69, 9.17) is 10.7 Å². The Morgan fingerprint density at radius 2 is 1.75 bits per heavy atom. The Balaban J connectivity index is 1.39. The lowest BCUT2D eigenvalue weighted by Gasteiger charge is -2.35. The monoisotopic (exact) mass is 446 g/mol. The molecule has 2 N–H and O–H groups in total. The lowest BCUT2D eigenvalue weighted by Crippen LogP contribution is -2.44. The molecular formula is C24H29F3N4O. The van der Waals surface area contributed by atoms with Gasteiger partial charge in [-0.25, -0.2) is 23.1 Å². The van der Waals surface area contributed by atoms with Crippen molar-refractivity contribution >= 4 is 5.91 Å². The quantitative estimate of drug-likeness (QED) is 0.671. The van der Waals surface area contributed by atoms with Gasteiger partial charge in [-0.05, 0) is 49.7 Å². The largest absolute Gasteiger partial charge is 0.339 e. The molecule has 1 atom stereocenters. The van der Waals surface area contributed by atoms with Crippen LogP contribution in [0, 0.1) is 23.4 Å². The first-order valence-electron chi connectivity index (χ1n) is 11.3. The van der Waals surface area contributed by atoms with E-state index in [-0.39, 0.29) is 29.7 Å². The van der Waals surface area contributed by atoms with Gasteiger partial charge in [-0.1, -0.05) is 13.8 Å². The van der Waals surface area contributed by atoms with Crippen molar-refractivity contribution in [3.05, 3.63) is 58.4 Å².